The van der Waals surface area contributed by atoms with E-state index in [4.69, 9.17) is 9.47 Å². The number of ether oxygens (including phenoxy) is 2. The minimum absolute atomic E-state index is 0.101. The van der Waals surface area contributed by atoms with Gasteiger partial charge in [-0.05, 0) is 44.4 Å². The molecule has 0 N–H and O–H groups in total. The highest BCUT2D eigenvalue weighted by atomic mass is 19.4. The standard InChI is InChI=1S/C23H29F3N4O4/c1-3-33-19-13-17(7-8-18(19)34-15-21(31)29-10-5-4-6-11-29)22(32)28(2)14-20-27-9-12-30(20)16-23(24,25)26/h7-9,12-13H,3-6,10-11,14-16H2,1-2H3. The Kier molecular flexibility index (Phi) is 8.41. The first kappa shape index (κ1) is 25.4. The molecule has 1 aromatic heterocycles. The number of likely N-dealkylation sites (tertiary alicyclic amines) is 1. The zero-order valence-electron chi connectivity index (χ0n) is 19.3. The van der Waals surface area contributed by atoms with E-state index in [0.29, 0.717) is 18.1 Å². The Balaban J connectivity index is 1.67. The number of nitrogens with zero attached hydrogens (tertiary/aromatic N) is 4. The third-order valence-electron chi connectivity index (χ3n) is 5.43. The maximum atomic E-state index is 12.9. The third kappa shape index (κ3) is 6.88. The molecule has 186 valence electrons. The van der Waals surface area contributed by atoms with Crippen molar-refractivity contribution >= 4 is 11.8 Å². The summed E-state index contributed by atoms with van der Waals surface area (Å²) in [6.07, 6.45) is 1.19. The normalized spacial score (nSPS) is 14.1. The van der Waals surface area contributed by atoms with Gasteiger partial charge in [0.05, 0.1) is 13.2 Å². The van der Waals surface area contributed by atoms with Gasteiger partial charge in [0.25, 0.3) is 11.8 Å². The Hall–Kier alpha value is -3.24. The van der Waals surface area contributed by atoms with Gasteiger partial charge in [-0.15, -0.1) is 0 Å². The lowest BCUT2D eigenvalue weighted by atomic mass is 10.1. The number of hydrogen-bond donors (Lipinski definition) is 0. The fourth-order valence-corrected chi connectivity index (χ4v) is 3.74. The number of rotatable bonds is 9. The molecular formula is C23H29F3N4O4. The van der Waals surface area contributed by atoms with E-state index >= 15 is 0 Å². The van der Waals surface area contributed by atoms with E-state index in [0.717, 1.165) is 36.9 Å². The molecule has 1 aliphatic heterocycles. The number of carbonyl (C=O) groups excluding carboxylic acids is 2. The van der Waals surface area contributed by atoms with Crippen molar-refractivity contribution in [1.82, 2.24) is 19.4 Å². The van der Waals surface area contributed by atoms with Crippen molar-refractivity contribution in [3.05, 3.63) is 42.0 Å². The van der Waals surface area contributed by atoms with Crippen LogP contribution in [0.2, 0.25) is 0 Å². The van der Waals surface area contributed by atoms with Crippen LogP contribution in [0.15, 0.2) is 30.6 Å². The Morgan fingerprint density at radius 2 is 1.85 bits per heavy atom. The van der Waals surface area contributed by atoms with E-state index in [9.17, 15) is 22.8 Å². The number of hydrogen-bond acceptors (Lipinski definition) is 5. The first-order chi connectivity index (χ1) is 16.2. The summed E-state index contributed by atoms with van der Waals surface area (Å²) in [5.74, 6) is 0.253. The summed E-state index contributed by atoms with van der Waals surface area (Å²) in [6.45, 7) is 2.14. The summed E-state index contributed by atoms with van der Waals surface area (Å²) in [7, 11) is 1.48. The van der Waals surface area contributed by atoms with E-state index in [1.165, 1.54) is 36.5 Å². The Morgan fingerprint density at radius 1 is 1.12 bits per heavy atom. The number of halogens is 3. The van der Waals surface area contributed by atoms with Crippen molar-refractivity contribution in [2.45, 2.75) is 45.5 Å². The second-order valence-corrected chi connectivity index (χ2v) is 8.07. The maximum absolute atomic E-state index is 12.9. The predicted octanol–water partition coefficient (Wildman–Crippen LogP) is 3.51. The molecule has 0 unspecified atom stereocenters. The number of aromatic nitrogens is 2. The molecule has 1 aromatic carbocycles. The van der Waals surface area contributed by atoms with Gasteiger partial charge < -0.3 is 23.8 Å². The minimum atomic E-state index is -4.39. The fraction of sp³-hybridized carbons (Fsp3) is 0.522. The van der Waals surface area contributed by atoms with E-state index in [2.05, 4.69) is 4.98 Å². The third-order valence-corrected chi connectivity index (χ3v) is 5.43. The molecule has 0 spiro atoms. The van der Waals surface area contributed by atoms with Gasteiger partial charge in [0.2, 0.25) is 0 Å². The summed E-state index contributed by atoms with van der Waals surface area (Å²) >= 11 is 0. The zero-order valence-corrected chi connectivity index (χ0v) is 19.3. The molecule has 34 heavy (non-hydrogen) atoms. The first-order valence-electron chi connectivity index (χ1n) is 11.2. The Bertz CT molecular complexity index is 987. The van der Waals surface area contributed by atoms with Gasteiger partial charge >= 0.3 is 6.18 Å². The molecule has 11 heteroatoms. The molecule has 1 saturated heterocycles. The van der Waals surface area contributed by atoms with Gasteiger partial charge in [-0.2, -0.15) is 13.2 Å². The first-order valence-corrected chi connectivity index (χ1v) is 11.2. The van der Waals surface area contributed by atoms with Gasteiger partial charge in [0, 0.05) is 38.1 Å². The van der Waals surface area contributed by atoms with Crippen LogP contribution in [0.25, 0.3) is 0 Å². The minimum Gasteiger partial charge on any atom is -0.490 e. The van der Waals surface area contributed by atoms with Crippen LogP contribution in [0.4, 0.5) is 13.2 Å². The molecule has 1 fully saturated rings. The summed E-state index contributed by atoms with van der Waals surface area (Å²) in [6, 6.07) is 4.59. The summed E-state index contributed by atoms with van der Waals surface area (Å²) in [5, 5.41) is 0. The summed E-state index contributed by atoms with van der Waals surface area (Å²) in [5.41, 5.74) is 0.273. The lowest BCUT2D eigenvalue weighted by Gasteiger charge is -2.26. The van der Waals surface area contributed by atoms with Gasteiger partial charge in [-0.1, -0.05) is 0 Å². The highest BCUT2D eigenvalue weighted by Crippen LogP contribution is 2.29. The number of amides is 2. The number of alkyl halides is 3. The van der Waals surface area contributed by atoms with Crippen molar-refractivity contribution in [2.75, 3.05) is 33.4 Å². The Labute approximate surface area is 196 Å². The lowest BCUT2D eigenvalue weighted by molar-refractivity contribution is -0.141. The van der Waals surface area contributed by atoms with Crippen LogP contribution in [0.3, 0.4) is 0 Å². The van der Waals surface area contributed by atoms with Gasteiger partial charge in [0.1, 0.15) is 12.4 Å². The smallest absolute Gasteiger partial charge is 0.406 e. The second-order valence-electron chi connectivity index (χ2n) is 8.07. The van der Waals surface area contributed by atoms with Gasteiger partial charge in [0.15, 0.2) is 18.1 Å². The Morgan fingerprint density at radius 3 is 2.53 bits per heavy atom. The predicted molar refractivity (Wildman–Crippen MR) is 118 cm³/mol. The zero-order chi connectivity index (χ0) is 24.7. The number of benzene rings is 1. The average molecular weight is 483 g/mol. The highest BCUT2D eigenvalue weighted by molar-refractivity contribution is 5.94. The fourth-order valence-electron chi connectivity index (χ4n) is 3.74. The van der Waals surface area contributed by atoms with Crippen molar-refractivity contribution in [3.8, 4) is 11.5 Å². The average Bonchev–Trinajstić information content (AvgIpc) is 3.22. The van der Waals surface area contributed by atoms with Crippen LogP contribution in [0.5, 0.6) is 11.5 Å². The van der Waals surface area contributed by atoms with Gasteiger partial charge in [-0.3, -0.25) is 9.59 Å². The van der Waals surface area contributed by atoms with Crippen molar-refractivity contribution in [2.24, 2.45) is 0 Å². The van der Waals surface area contributed by atoms with E-state index in [-0.39, 0.29) is 30.4 Å². The van der Waals surface area contributed by atoms with Gasteiger partial charge in [-0.25, -0.2) is 4.98 Å². The highest BCUT2D eigenvalue weighted by Gasteiger charge is 2.29. The van der Waals surface area contributed by atoms with Crippen LogP contribution in [0, 0.1) is 0 Å². The molecule has 2 aromatic rings. The molecular weight excluding hydrogens is 453 g/mol. The quantitative estimate of drug-likeness (QED) is 0.547. The molecule has 0 aliphatic carbocycles. The molecule has 8 nitrogen and oxygen atoms in total. The molecule has 2 heterocycles. The van der Waals surface area contributed by atoms with E-state index < -0.39 is 18.6 Å². The molecule has 1 aliphatic rings. The number of carbonyl (C=O) groups is 2. The van der Waals surface area contributed by atoms with E-state index in [1.54, 1.807) is 17.9 Å². The maximum Gasteiger partial charge on any atom is 0.406 e. The van der Waals surface area contributed by atoms with Crippen molar-refractivity contribution < 1.29 is 32.2 Å². The second kappa shape index (κ2) is 11.3. The summed E-state index contributed by atoms with van der Waals surface area (Å²) < 4.78 is 50.5. The SMILES string of the molecule is CCOc1cc(C(=O)N(C)Cc2nccn2CC(F)(F)F)ccc1OCC(=O)N1CCCCC1. The monoisotopic (exact) mass is 482 g/mol. The van der Waals surface area contributed by atoms with Crippen molar-refractivity contribution in [1.29, 1.82) is 0 Å². The molecule has 0 atom stereocenters. The summed E-state index contributed by atoms with van der Waals surface area (Å²) in [4.78, 5) is 32.3. The lowest BCUT2D eigenvalue weighted by Crippen LogP contribution is -2.38. The largest absolute Gasteiger partial charge is 0.490 e. The molecule has 2 amide bonds. The van der Waals surface area contributed by atoms with Crippen LogP contribution in [0.1, 0.15) is 42.4 Å². The van der Waals surface area contributed by atoms with Crippen LogP contribution < -0.4 is 9.47 Å². The molecule has 3 rings (SSSR count). The molecule has 0 saturated carbocycles. The van der Waals surface area contributed by atoms with Crippen molar-refractivity contribution in [3.63, 3.8) is 0 Å². The van der Waals surface area contributed by atoms with Crippen LogP contribution >= 0.6 is 0 Å². The number of piperidine rings is 1. The topological polar surface area (TPSA) is 76.9 Å². The van der Waals surface area contributed by atoms with Crippen LogP contribution in [-0.4, -0.2) is 70.7 Å². The van der Waals surface area contributed by atoms with E-state index in [1.807, 2.05) is 0 Å². The molecule has 0 radical (unpaired) electrons. The van der Waals surface area contributed by atoms with Crippen LogP contribution in [-0.2, 0) is 17.9 Å². The number of imidazole rings is 1. The molecule has 0 bridgehead atoms.